The lowest BCUT2D eigenvalue weighted by molar-refractivity contribution is -0.384. The Kier molecular flexibility index (Phi) is 2.77. The van der Waals surface area contributed by atoms with Crippen molar-refractivity contribution in [3.05, 3.63) is 44.3 Å². The molecule has 82 valence electrons. The number of nitrogens with zero attached hydrogens (tertiary/aromatic N) is 3. The smallest absolute Gasteiger partial charge is 0.271 e. The molecule has 1 heterocycles. The first kappa shape index (κ1) is 10.9. The second-order valence-electron chi connectivity index (χ2n) is 3.10. The van der Waals surface area contributed by atoms with Crippen molar-refractivity contribution < 1.29 is 4.92 Å². The lowest BCUT2D eigenvalue weighted by Gasteiger charge is -2.04. The molecule has 0 saturated heterocycles. The van der Waals surface area contributed by atoms with E-state index in [0.29, 0.717) is 11.4 Å². The lowest BCUT2D eigenvalue weighted by atomic mass is 10.2. The average molecular weight is 330 g/mol. The molecule has 1 aromatic carbocycles. The maximum Gasteiger partial charge on any atom is 0.271 e. The minimum atomic E-state index is -0.479. The monoisotopic (exact) mass is 330 g/mol. The predicted octanol–water partition coefficient (Wildman–Crippen LogP) is 1.97. The molecule has 0 aliphatic heterocycles. The Labute approximate surface area is 104 Å². The fourth-order valence-corrected chi connectivity index (χ4v) is 1.69. The van der Waals surface area contributed by atoms with Crippen molar-refractivity contribution in [2.75, 3.05) is 5.73 Å². The molecule has 2 N–H and O–H groups in total. The van der Waals surface area contributed by atoms with Crippen molar-refractivity contribution in [3.63, 3.8) is 0 Å². The van der Waals surface area contributed by atoms with Crippen molar-refractivity contribution in [1.29, 1.82) is 0 Å². The van der Waals surface area contributed by atoms with Crippen molar-refractivity contribution >= 4 is 34.0 Å². The fraction of sp³-hybridized carbons (Fsp3) is 0. The number of hydrogen-bond donors (Lipinski definition) is 1. The van der Waals surface area contributed by atoms with Gasteiger partial charge in [0, 0.05) is 18.3 Å². The Bertz CT molecular complexity index is 552. The number of non-ortho nitro benzene ring substituents is 1. The number of aromatic nitrogens is 2. The standard InChI is InChI=1S/C9H7IN4O2/c10-6-4-12-13(5-6)9-2-1-7(14(15)16)3-8(9)11/h1-5H,11H2. The van der Waals surface area contributed by atoms with Crippen LogP contribution in [0.25, 0.3) is 5.69 Å². The Morgan fingerprint density at radius 2 is 2.25 bits per heavy atom. The fourth-order valence-electron chi connectivity index (χ4n) is 1.30. The number of nitrogens with two attached hydrogens (primary N) is 1. The van der Waals surface area contributed by atoms with Crippen LogP contribution in [0.3, 0.4) is 0 Å². The summed E-state index contributed by atoms with van der Waals surface area (Å²) in [6.45, 7) is 0. The summed E-state index contributed by atoms with van der Waals surface area (Å²) >= 11 is 2.12. The van der Waals surface area contributed by atoms with Gasteiger partial charge in [-0.1, -0.05) is 0 Å². The van der Waals surface area contributed by atoms with Gasteiger partial charge in [-0.25, -0.2) is 4.68 Å². The Balaban J connectivity index is 2.47. The van der Waals surface area contributed by atoms with Gasteiger partial charge in [0.05, 0.1) is 26.1 Å². The third-order valence-electron chi connectivity index (χ3n) is 2.02. The van der Waals surface area contributed by atoms with Crippen LogP contribution in [0.1, 0.15) is 0 Å². The maximum absolute atomic E-state index is 10.5. The van der Waals surface area contributed by atoms with Crippen LogP contribution in [-0.4, -0.2) is 14.7 Å². The molecule has 0 spiro atoms. The first-order valence-corrected chi connectivity index (χ1v) is 5.40. The van der Waals surface area contributed by atoms with Crippen LogP contribution < -0.4 is 5.73 Å². The number of anilines is 1. The quantitative estimate of drug-likeness (QED) is 0.395. The van der Waals surface area contributed by atoms with Crippen LogP contribution in [0.5, 0.6) is 0 Å². The summed E-state index contributed by atoms with van der Waals surface area (Å²) in [4.78, 5) is 10.1. The van der Waals surface area contributed by atoms with Gasteiger partial charge in [-0.3, -0.25) is 10.1 Å². The summed E-state index contributed by atoms with van der Waals surface area (Å²) in [6.07, 6.45) is 3.47. The SMILES string of the molecule is Nc1cc([N+](=O)[O-])ccc1-n1cc(I)cn1. The molecule has 0 saturated carbocycles. The van der Waals surface area contributed by atoms with Gasteiger partial charge < -0.3 is 5.73 Å². The topological polar surface area (TPSA) is 87.0 Å². The van der Waals surface area contributed by atoms with E-state index in [9.17, 15) is 10.1 Å². The number of nitrogen functional groups attached to an aromatic ring is 1. The van der Waals surface area contributed by atoms with E-state index in [-0.39, 0.29) is 5.69 Å². The van der Waals surface area contributed by atoms with E-state index in [0.717, 1.165) is 3.57 Å². The minimum Gasteiger partial charge on any atom is -0.397 e. The van der Waals surface area contributed by atoms with Crippen LogP contribution in [0.2, 0.25) is 0 Å². The Morgan fingerprint density at radius 1 is 1.50 bits per heavy atom. The van der Waals surface area contributed by atoms with E-state index >= 15 is 0 Å². The minimum absolute atomic E-state index is 0.0249. The normalized spacial score (nSPS) is 10.3. The second kappa shape index (κ2) is 4.08. The molecule has 0 atom stereocenters. The lowest BCUT2D eigenvalue weighted by Crippen LogP contribution is -2.01. The van der Waals surface area contributed by atoms with Gasteiger partial charge in [-0.2, -0.15) is 5.10 Å². The highest BCUT2D eigenvalue weighted by molar-refractivity contribution is 14.1. The number of rotatable bonds is 2. The Morgan fingerprint density at radius 3 is 2.75 bits per heavy atom. The third-order valence-corrected chi connectivity index (χ3v) is 2.58. The zero-order valence-electron chi connectivity index (χ0n) is 8.00. The largest absolute Gasteiger partial charge is 0.397 e. The molecule has 0 unspecified atom stereocenters. The zero-order valence-corrected chi connectivity index (χ0v) is 10.2. The molecule has 16 heavy (non-hydrogen) atoms. The average Bonchev–Trinajstić information content (AvgIpc) is 2.64. The van der Waals surface area contributed by atoms with Gasteiger partial charge >= 0.3 is 0 Å². The summed E-state index contributed by atoms with van der Waals surface area (Å²) in [7, 11) is 0. The molecule has 2 rings (SSSR count). The van der Waals surface area contributed by atoms with Gasteiger partial charge in [-0.15, -0.1) is 0 Å². The molecular formula is C9H7IN4O2. The molecular weight excluding hydrogens is 323 g/mol. The van der Waals surface area contributed by atoms with Gasteiger partial charge in [0.2, 0.25) is 0 Å². The van der Waals surface area contributed by atoms with E-state index in [1.54, 1.807) is 23.1 Å². The maximum atomic E-state index is 10.5. The number of nitro benzene ring substituents is 1. The highest BCUT2D eigenvalue weighted by Crippen LogP contribution is 2.22. The number of nitro groups is 1. The molecule has 2 aromatic rings. The molecule has 0 aliphatic rings. The molecule has 0 radical (unpaired) electrons. The third kappa shape index (κ3) is 1.98. The summed E-state index contributed by atoms with van der Waals surface area (Å²) in [6, 6.07) is 4.31. The second-order valence-corrected chi connectivity index (χ2v) is 4.35. The van der Waals surface area contributed by atoms with E-state index in [1.807, 2.05) is 0 Å². The summed E-state index contributed by atoms with van der Waals surface area (Å²) in [5.74, 6) is 0. The van der Waals surface area contributed by atoms with Gasteiger partial charge in [0.25, 0.3) is 5.69 Å². The van der Waals surface area contributed by atoms with Crippen LogP contribution in [0, 0.1) is 13.7 Å². The van der Waals surface area contributed by atoms with Crippen LogP contribution in [-0.2, 0) is 0 Å². The molecule has 1 aromatic heterocycles. The van der Waals surface area contributed by atoms with Crippen LogP contribution in [0.15, 0.2) is 30.6 Å². The molecule has 0 aliphatic carbocycles. The van der Waals surface area contributed by atoms with E-state index in [4.69, 9.17) is 5.73 Å². The van der Waals surface area contributed by atoms with Gasteiger partial charge in [0.15, 0.2) is 0 Å². The number of hydrogen-bond acceptors (Lipinski definition) is 4. The molecule has 0 bridgehead atoms. The van der Waals surface area contributed by atoms with Crippen molar-refractivity contribution in [2.45, 2.75) is 0 Å². The van der Waals surface area contributed by atoms with E-state index in [2.05, 4.69) is 27.7 Å². The highest BCUT2D eigenvalue weighted by atomic mass is 127. The number of benzene rings is 1. The summed E-state index contributed by atoms with van der Waals surface area (Å²) < 4.78 is 2.55. The first-order chi connectivity index (χ1) is 7.58. The van der Waals surface area contributed by atoms with Crippen LogP contribution in [0.4, 0.5) is 11.4 Å². The summed E-state index contributed by atoms with van der Waals surface area (Å²) in [5.41, 5.74) is 6.67. The van der Waals surface area contributed by atoms with Gasteiger partial charge in [-0.05, 0) is 28.7 Å². The molecule has 7 heteroatoms. The molecule has 0 amide bonds. The Hall–Kier alpha value is -1.64. The van der Waals surface area contributed by atoms with E-state index in [1.165, 1.54) is 12.1 Å². The predicted molar refractivity (Wildman–Crippen MR) is 67.3 cm³/mol. The zero-order chi connectivity index (χ0) is 11.7. The van der Waals surface area contributed by atoms with E-state index < -0.39 is 4.92 Å². The molecule has 6 nitrogen and oxygen atoms in total. The van der Waals surface area contributed by atoms with Crippen molar-refractivity contribution in [2.24, 2.45) is 0 Å². The van der Waals surface area contributed by atoms with Crippen LogP contribution >= 0.6 is 22.6 Å². The first-order valence-electron chi connectivity index (χ1n) is 4.32. The van der Waals surface area contributed by atoms with Gasteiger partial charge in [0.1, 0.15) is 0 Å². The summed E-state index contributed by atoms with van der Waals surface area (Å²) in [5, 5.41) is 14.6. The van der Waals surface area contributed by atoms with Crippen molar-refractivity contribution in [1.82, 2.24) is 9.78 Å². The highest BCUT2D eigenvalue weighted by Gasteiger charge is 2.10. The molecule has 0 fully saturated rings. The number of halogens is 1. The van der Waals surface area contributed by atoms with Crippen molar-refractivity contribution in [3.8, 4) is 5.69 Å².